The van der Waals surface area contributed by atoms with Gasteiger partial charge in [0.15, 0.2) is 5.43 Å². The number of amides is 1. The molecule has 34 heavy (non-hydrogen) atoms. The molecule has 1 aliphatic rings. The second kappa shape index (κ2) is 9.02. The fraction of sp³-hybridized carbons (Fsp3) is 0.172. The monoisotopic (exact) mass is 451 g/mol. The van der Waals surface area contributed by atoms with Crippen molar-refractivity contribution in [2.45, 2.75) is 19.4 Å². The van der Waals surface area contributed by atoms with Crippen LogP contribution in [0.4, 0.5) is 0 Å². The minimum absolute atomic E-state index is 0.122. The Balaban J connectivity index is 1.64. The summed E-state index contributed by atoms with van der Waals surface area (Å²) in [6.07, 6.45) is 2.34. The van der Waals surface area contributed by atoms with E-state index in [0.717, 1.165) is 16.7 Å². The van der Waals surface area contributed by atoms with Crippen LogP contribution in [-0.2, 0) is 6.42 Å². The smallest absolute Gasteiger partial charge is 0.290 e. The molecule has 2 heterocycles. The SMILES string of the molecule is C=CCOc1cccc(C2c3c(oc4ccc(C)cc4c3=O)C(=O)N2CCc2ccccc2)c1. The molecule has 3 aromatic carbocycles. The summed E-state index contributed by atoms with van der Waals surface area (Å²) in [6.45, 7) is 6.45. The third kappa shape index (κ3) is 3.90. The van der Waals surface area contributed by atoms with Gasteiger partial charge >= 0.3 is 0 Å². The molecule has 0 saturated heterocycles. The number of carbonyl (C=O) groups is 1. The quantitative estimate of drug-likeness (QED) is 0.351. The first kappa shape index (κ1) is 21.7. The molecule has 4 aromatic rings. The van der Waals surface area contributed by atoms with Gasteiger partial charge in [-0.1, -0.05) is 66.7 Å². The van der Waals surface area contributed by atoms with Crippen molar-refractivity contribution in [1.82, 2.24) is 4.90 Å². The number of benzene rings is 3. The van der Waals surface area contributed by atoms with Gasteiger partial charge in [0.1, 0.15) is 17.9 Å². The molecule has 0 aliphatic carbocycles. The van der Waals surface area contributed by atoms with Gasteiger partial charge in [0.2, 0.25) is 5.76 Å². The first-order valence-corrected chi connectivity index (χ1v) is 11.3. The molecule has 5 rings (SSSR count). The molecule has 0 N–H and O–H groups in total. The lowest BCUT2D eigenvalue weighted by atomic mass is 9.97. The van der Waals surface area contributed by atoms with Crippen molar-refractivity contribution in [1.29, 1.82) is 0 Å². The van der Waals surface area contributed by atoms with Crippen LogP contribution in [0, 0.1) is 6.92 Å². The van der Waals surface area contributed by atoms with Gasteiger partial charge in [0.25, 0.3) is 5.91 Å². The van der Waals surface area contributed by atoms with Crippen molar-refractivity contribution in [3.63, 3.8) is 0 Å². The van der Waals surface area contributed by atoms with Gasteiger partial charge in [-0.05, 0) is 48.7 Å². The first-order chi connectivity index (χ1) is 16.6. The lowest BCUT2D eigenvalue weighted by molar-refractivity contribution is 0.0730. The molecule has 0 fully saturated rings. The fourth-order valence-corrected chi connectivity index (χ4v) is 4.54. The zero-order valence-corrected chi connectivity index (χ0v) is 19.0. The van der Waals surface area contributed by atoms with E-state index < -0.39 is 6.04 Å². The Morgan fingerprint density at radius 1 is 1.03 bits per heavy atom. The van der Waals surface area contributed by atoms with E-state index in [4.69, 9.17) is 9.15 Å². The maximum atomic E-state index is 13.7. The molecule has 0 bridgehead atoms. The van der Waals surface area contributed by atoms with Crippen molar-refractivity contribution >= 4 is 16.9 Å². The molecule has 5 nitrogen and oxygen atoms in total. The Labute approximate surface area is 197 Å². The third-order valence-electron chi connectivity index (χ3n) is 6.15. The fourth-order valence-electron chi connectivity index (χ4n) is 4.54. The highest BCUT2D eigenvalue weighted by molar-refractivity contribution is 5.99. The Morgan fingerprint density at radius 2 is 1.85 bits per heavy atom. The van der Waals surface area contributed by atoms with Crippen molar-refractivity contribution in [3.8, 4) is 5.75 Å². The molecule has 0 spiro atoms. The number of aryl methyl sites for hydroxylation is 1. The Morgan fingerprint density at radius 3 is 2.65 bits per heavy atom. The maximum absolute atomic E-state index is 13.7. The molecular formula is C29H25NO4. The van der Waals surface area contributed by atoms with Crippen LogP contribution in [0.25, 0.3) is 11.0 Å². The van der Waals surface area contributed by atoms with Crippen LogP contribution < -0.4 is 10.2 Å². The van der Waals surface area contributed by atoms with Crippen LogP contribution in [0.5, 0.6) is 5.75 Å². The number of hydrogen-bond acceptors (Lipinski definition) is 4. The molecule has 1 atom stereocenters. The summed E-state index contributed by atoms with van der Waals surface area (Å²) in [5.41, 5.74) is 3.53. The summed E-state index contributed by atoms with van der Waals surface area (Å²) < 4.78 is 11.8. The Hall–Kier alpha value is -4.12. The van der Waals surface area contributed by atoms with Crippen molar-refractivity contribution in [2.24, 2.45) is 0 Å². The van der Waals surface area contributed by atoms with Gasteiger partial charge in [-0.15, -0.1) is 0 Å². The van der Waals surface area contributed by atoms with E-state index in [0.29, 0.717) is 41.9 Å². The van der Waals surface area contributed by atoms with Crippen LogP contribution in [0.1, 0.15) is 38.9 Å². The number of rotatable bonds is 7. The largest absolute Gasteiger partial charge is 0.490 e. The maximum Gasteiger partial charge on any atom is 0.290 e. The van der Waals surface area contributed by atoms with E-state index in [1.165, 1.54) is 0 Å². The average molecular weight is 452 g/mol. The van der Waals surface area contributed by atoms with Crippen LogP contribution >= 0.6 is 0 Å². The molecule has 0 saturated carbocycles. The lowest BCUT2D eigenvalue weighted by Gasteiger charge is -2.25. The number of carbonyl (C=O) groups excluding carboxylic acids is 1. The van der Waals surface area contributed by atoms with Gasteiger partial charge in [0.05, 0.1) is 17.0 Å². The number of nitrogens with zero attached hydrogens (tertiary/aromatic N) is 1. The minimum Gasteiger partial charge on any atom is -0.490 e. The predicted octanol–water partition coefficient (Wildman–Crippen LogP) is 5.45. The topological polar surface area (TPSA) is 59.8 Å². The highest BCUT2D eigenvalue weighted by atomic mass is 16.5. The summed E-state index contributed by atoms with van der Waals surface area (Å²) in [5.74, 6) is 0.507. The van der Waals surface area contributed by atoms with Crippen molar-refractivity contribution in [3.05, 3.63) is 124 Å². The van der Waals surface area contributed by atoms with E-state index in [1.54, 1.807) is 17.0 Å². The third-order valence-corrected chi connectivity index (χ3v) is 6.15. The molecular weight excluding hydrogens is 426 g/mol. The number of ether oxygens (including phenoxy) is 1. The zero-order valence-electron chi connectivity index (χ0n) is 19.0. The van der Waals surface area contributed by atoms with Gasteiger partial charge in [0, 0.05) is 6.54 Å². The van der Waals surface area contributed by atoms with Crippen LogP contribution in [0.15, 0.2) is 94.7 Å². The van der Waals surface area contributed by atoms with E-state index in [2.05, 4.69) is 6.58 Å². The second-order valence-electron chi connectivity index (χ2n) is 8.48. The highest BCUT2D eigenvalue weighted by Crippen LogP contribution is 2.39. The van der Waals surface area contributed by atoms with Crippen LogP contribution in [0.3, 0.4) is 0 Å². The highest BCUT2D eigenvalue weighted by Gasteiger charge is 2.42. The zero-order chi connectivity index (χ0) is 23.7. The van der Waals surface area contributed by atoms with Gasteiger partial charge in [-0.3, -0.25) is 9.59 Å². The molecule has 5 heteroatoms. The number of fused-ring (bicyclic) bond motifs is 2. The predicted molar refractivity (Wildman–Crippen MR) is 132 cm³/mol. The normalized spacial score (nSPS) is 14.9. The molecule has 1 amide bonds. The average Bonchev–Trinajstić information content (AvgIpc) is 3.14. The Bertz CT molecular complexity index is 1440. The molecule has 1 unspecified atom stereocenters. The summed E-state index contributed by atoms with van der Waals surface area (Å²) in [5, 5.41) is 0.487. The molecule has 0 radical (unpaired) electrons. The van der Waals surface area contributed by atoms with Gasteiger partial charge in [-0.2, -0.15) is 0 Å². The summed E-state index contributed by atoms with van der Waals surface area (Å²) in [4.78, 5) is 29.0. The molecule has 1 aliphatic heterocycles. The van der Waals surface area contributed by atoms with Crippen LogP contribution in [-0.4, -0.2) is 24.0 Å². The van der Waals surface area contributed by atoms with Gasteiger partial charge in [-0.25, -0.2) is 0 Å². The Kier molecular flexibility index (Phi) is 5.76. The van der Waals surface area contributed by atoms with Crippen LogP contribution in [0.2, 0.25) is 0 Å². The minimum atomic E-state index is -0.556. The van der Waals surface area contributed by atoms with Crippen molar-refractivity contribution in [2.75, 3.05) is 13.2 Å². The van der Waals surface area contributed by atoms with E-state index in [-0.39, 0.29) is 17.1 Å². The molecule has 1 aromatic heterocycles. The van der Waals surface area contributed by atoms with Gasteiger partial charge < -0.3 is 14.1 Å². The summed E-state index contributed by atoms with van der Waals surface area (Å²) >= 11 is 0. The number of hydrogen-bond donors (Lipinski definition) is 0. The summed E-state index contributed by atoms with van der Waals surface area (Å²) in [7, 11) is 0. The second-order valence-corrected chi connectivity index (χ2v) is 8.48. The van der Waals surface area contributed by atoms with E-state index in [1.807, 2.05) is 73.7 Å². The summed E-state index contributed by atoms with van der Waals surface area (Å²) in [6, 6.07) is 22.4. The molecule has 170 valence electrons. The van der Waals surface area contributed by atoms with E-state index >= 15 is 0 Å². The first-order valence-electron chi connectivity index (χ1n) is 11.3. The standard InChI is InChI=1S/C29H25NO4/c1-3-16-33-22-11-7-10-21(18-22)26-25-27(31)23-17-19(2)12-13-24(23)34-28(25)29(32)30(26)15-14-20-8-5-4-6-9-20/h3-13,17-18,26H,1,14-16H2,2H3. The lowest BCUT2D eigenvalue weighted by Crippen LogP contribution is -2.31. The van der Waals surface area contributed by atoms with E-state index in [9.17, 15) is 9.59 Å². The van der Waals surface area contributed by atoms with Crippen molar-refractivity contribution < 1.29 is 13.9 Å².